The van der Waals surface area contributed by atoms with Crippen molar-refractivity contribution in [2.75, 3.05) is 5.32 Å². The first-order valence-electron chi connectivity index (χ1n) is 8.12. The Morgan fingerprint density at radius 1 is 1.08 bits per heavy atom. The van der Waals surface area contributed by atoms with E-state index in [1.54, 1.807) is 36.4 Å². The number of thiazole rings is 1. The number of carbonyl (C=O) groups excluding carboxylic acids is 2. The molecule has 1 heterocycles. The summed E-state index contributed by atoms with van der Waals surface area (Å²) in [4.78, 5) is 27.8. The highest BCUT2D eigenvalue weighted by molar-refractivity contribution is 7.13. The Balaban J connectivity index is 1.54. The van der Waals surface area contributed by atoms with Crippen molar-refractivity contribution in [1.29, 1.82) is 0 Å². The average molecular weight is 368 g/mol. The van der Waals surface area contributed by atoms with Crippen LogP contribution in [0.3, 0.4) is 0 Å². The zero-order valence-electron chi connectivity index (χ0n) is 14.2. The summed E-state index contributed by atoms with van der Waals surface area (Å²) in [6.45, 7) is 1.50. The van der Waals surface area contributed by atoms with E-state index in [-0.39, 0.29) is 17.5 Å². The molecule has 0 bridgehead atoms. The molecule has 0 spiro atoms. The summed E-state index contributed by atoms with van der Waals surface area (Å²) in [5.74, 6) is -0.404. The predicted molar refractivity (Wildman–Crippen MR) is 101 cm³/mol. The number of rotatable bonds is 6. The van der Waals surface area contributed by atoms with Gasteiger partial charge in [-0.2, -0.15) is 0 Å². The van der Waals surface area contributed by atoms with Gasteiger partial charge in [-0.3, -0.25) is 9.59 Å². The third kappa shape index (κ3) is 4.61. The summed E-state index contributed by atoms with van der Waals surface area (Å²) in [6, 6.07) is 13.0. The fourth-order valence-corrected chi connectivity index (χ4v) is 3.26. The second-order valence-corrected chi connectivity index (χ2v) is 6.69. The number of amides is 1. The zero-order valence-corrected chi connectivity index (χ0v) is 15.0. The standard InChI is InChI=1S/C20H17FN2O2S/c1-13(24)14-4-8-17(9-5-14)22-19(25)11-10-18-12-26-20(23-18)15-2-6-16(21)7-3-15/h2-9,12H,10-11H2,1H3,(H,22,25). The van der Waals surface area contributed by atoms with E-state index in [9.17, 15) is 14.0 Å². The van der Waals surface area contributed by atoms with E-state index < -0.39 is 0 Å². The summed E-state index contributed by atoms with van der Waals surface area (Å²) in [5, 5.41) is 5.52. The SMILES string of the molecule is CC(=O)c1ccc(NC(=O)CCc2csc(-c3ccc(F)cc3)n2)cc1. The normalized spacial score (nSPS) is 10.5. The number of hydrogen-bond donors (Lipinski definition) is 1. The highest BCUT2D eigenvalue weighted by Crippen LogP contribution is 2.24. The lowest BCUT2D eigenvalue weighted by atomic mass is 10.1. The molecule has 0 saturated heterocycles. The zero-order chi connectivity index (χ0) is 18.5. The van der Waals surface area contributed by atoms with E-state index in [4.69, 9.17) is 0 Å². The maximum absolute atomic E-state index is 13.0. The van der Waals surface area contributed by atoms with Gasteiger partial charge in [-0.05, 0) is 61.9 Å². The molecule has 0 unspecified atom stereocenters. The van der Waals surface area contributed by atoms with Crippen LogP contribution < -0.4 is 5.32 Å². The molecule has 1 aromatic heterocycles. The van der Waals surface area contributed by atoms with Crippen molar-refractivity contribution in [3.05, 3.63) is 71.0 Å². The lowest BCUT2D eigenvalue weighted by Crippen LogP contribution is -2.12. The van der Waals surface area contributed by atoms with Gasteiger partial charge in [0.2, 0.25) is 5.91 Å². The van der Waals surface area contributed by atoms with Gasteiger partial charge in [-0.25, -0.2) is 9.37 Å². The van der Waals surface area contributed by atoms with Gasteiger partial charge in [0, 0.05) is 28.6 Å². The van der Waals surface area contributed by atoms with Crippen LogP contribution in [0.15, 0.2) is 53.9 Å². The number of nitrogens with zero attached hydrogens (tertiary/aromatic N) is 1. The lowest BCUT2D eigenvalue weighted by molar-refractivity contribution is -0.116. The van der Waals surface area contributed by atoms with Gasteiger partial charge in [0.05, 0.1) is 5.69 Å². The van der Waals surface area contributed by atoms with Crippen LogP contribution in [0.1, 0.15) is 29.4 Å². The van der Waals surface area contributed by atoms with Gasteiger partial charge in [-0.1, -0.05) is 0 Å². The Kier molecular flexibility index (Phi) is 5.53. The van der Waals surface area contributed by atoms with E-state index in [0.717, 1.165) is 16.3 Å². The Labute approximate surface area is 154 Å². The van der Waals surface area contributed by atoms with Gasteiger partial charge in [0.15, 0.2) is 5.78 Å². The van der Waals surface area contributed by atoms with E-state index >= 15 is 0 Å². The summed E-state index contributed by atoms with van der Waals surface area (Å²) in [7, 11) is 0. The second kappa shape index (κ2) is 8.01. The number of ketones is 1. The molecule has 0 aliphatic rings. The maximum atomic E-state index is 13.0. The van der Waals surface area contributed by atoms with Crippen LogP contribution in [0, 0.1) is 5.82 Å². The third-order valence-corrected chi connectivity index (χ3v) is 4.77. The number of carbonyl (C=O) groups is 2. The Bertz CT molecular complexity index is 918. The van der Waals surface area contributed by atoms with Crippen LogP contribution in [0.2, 0.25) is 0 Å². The fourth-order valence-electron chi connectivity index (χ4n) is 2.40. The maximum Gasteiger partial charge on any atom is 0.224 e. The van der Waals surface area contributed by atoms with E-state index in [1.807, 2.05) is 5.38 Å². The molecule has 1 amide bonds. The molecule has 6 heteroatoms. The van der Waals surface area contributed by atoms with Crippen molar-refractivity contribution >= 4 is 28.7 Å². The quantitative estimate of drug-likeness (QED) is 0.640. The largest absolute Gasteiger partial charge is 0.326 e. The molecular weight excluding hydrogens is 351 g/mol. The van der Waals surface area contributed by atoms with Crippen LogP contribution in [0.25, 0.3) is 10.6 Å². The first kappa shape index (κ1) is 17.9. The second-order valence-electron chi connectivity index (χ2n) is 5.83. The predicted octanol–water partition coefficient (Wildman–Crippen LogP) is 4.72. The average Bonchev–Trinajstić information content (AvgIpc) is 3.10. The Morgan fingerprint density at radius 3 is 2.42 bits per heavy atom. The molecule has 0 aliphatic carbocycles. The van der Waals surface area contributed by atoms with Gasteiger partial charge < -0.3 is 5.32 Å². The fraction of sp³-hybridized carbons (Fsp3) is 0.150. The molecule has 3 aromatic rings. The van der Waals surface area contributed by atoms with Gasteiger partial charge >= 0.3 is 0 Å². The summed E-state index contributed by atoms with van der Waals surface area (Å²) in [6.07, 6.45) is 0.829. The van der Waals surface area contributed by atoms with Gasteiger partial charge in [0.25, 0.3) is 0 Å². The summed E-state index contributed by atoms with van der Waals surface area (Å²) >= 11 is 1.47. The first-order chi connectivity index (χ1) is 12.5. The van der Waals surface area contributed by atoms with Crippen molar-refractivity contribution in [3.8, 4) is 10.6 Å². The van der Waals surface area contributed by atoms with E-state index in [1.165, 1.54) is 30.4 Å². The van der Waals surface area contributed by atoms with Gasteiger partial charge in [0.1, 0.15) is 10.8 Å². The minimum absolute atomic E-state index is 0.0108. The van der Waals surface area contributed by atoms with Crippen molar-refractivity contribution in [1.82, 2.24) is 4.98 Å². The molecule has 0 fully saturated rings. The highest BCUT2D eigenvalue weighted by Gasteiger charge is 2.08. The topological polar surface area (TPSA) is 59.1 Å². The number of Topliss-reactive ketones (excluding diaryl/α,β-unsaturated/α-hetero) is 1. The number of hydrogen-bond acceptors (Lipinski definition) is 4. The summed E-state index contributed by atoms with van der Waals surface area (Å²) < 4.78 is 13.0. The first-order valence-corrected chi connectivity index (χ1v) is 9.00. The molecule has 4 nitrogen and oxygen atoms in total. The van der Waals surface area contributed by atoms with Crippen molar-refractivity contribution < 1.29 is 14.0 Å². The van der Waals surface area contributed by atoms with E-state index in [0.29, 0.717) is 24.1 Å². The Morgan fingerprint density at radius 2 is 1.77 bits per heavy atom. The van der Waals surface area contributed by atoms with Crippen LogP contribution in [-0.4, -0.2) is 16.7 Å². The molecule has 3 rings (SSSR count). The molecule has 0 aliphatic heterocycles. The summed E-state index contributed by atoms with van der Waals surface area (Å²) in [5.41, 5.74) is 2.96. The number of benzene rings is 2. The minimum atomic E-state index is -0.279. The van der Waals surface area contributed by atoms with Crippen LogP contribution in [0.4, 0.5) is 10.1 Å². The lowest BCUT2D eigenvalue weighted by Gasteiger charge is -2.05. The molecule has 0 saturated carbocycles. The third-order valence-electron chi connectivity index (χ3n) is 3.83. The van der Waals surface area contributed by atoms with Crippen LogP contribution in [-0.2, 0) is 11.2 Å². The number of anilines is 1. The highest BCUT2D eigenvalue weighted by atomic mass is 32.1. The van der Waals surface area contributed by atoms with Gasteiger partial charge in [-0.15, -0.1) is 11.3 Å². The number of aromatic nitrogens is 1. The molecule has 0 atom stereocenters. The molecular formula is C20H17FN2O2S. The smallest absolute Gasteiger partial charge is 0.224 e. The number of halogens is 1. The van der Waals surface area contributed by atoms with Crippen LogP contribution in [0.5, 0.6) is 0 Å². The van der Waals surface area contributed by atoms with Crippen molar-refractivity contribution in [3.63, 3.8) is 0 Å². The van der Waals surface area contributed by atoms with Crippen molar-refractivity contribution in [2.45, 2.75) is 19.8 Å². The molecule has 0 radical (unpaired) electrons. The Hall–Kier alpha value is -2.86. The van der Waals surface area contributed by atoms with E-state index in [2.05, 4.69) is 10.3 Å². The van der Waals surface area contributed by atoms with Crippen molar-refractivity contribution in [2.24, 2.45) is 0 Å². The minimum Gasteiger partial charge on any atom is -0.326 e. The molecule has 1 N–H and O–H groups in total. The number of nitrogens with one attached hydrogen (secondary N) is 1. The number of aryl methyl sites for hydroxylation is 1. The molecule has 132 valence electrons. The van der Waals surface area contributed by atoms with Crippen LogP contribution >= 0.6 is 11.3 Å². The molecule has 2 aromatic carbocycles. The monoisotopic (exact) mass is 368 g/mol. The molecule has 26 heavy (non-hydrogen) atoms.